The Hall–Kier alpha value is -3.13. The number of hydrogen-bond donors (Lipinski definition) is 1. The van der Waals surface area contributed by atoms with Crippen molar-refractivity contribution in [2.45, 2.75) is 11.4 Å². The Labute approximate surface area is 202 Å². The molecule has 5 nitrogen and oxygen atoms in total. The number of rotatable bonds is 9. The molecule has 0 aliphatic carbocycles. The van der Waals surface area contributed by atoms with Crippen LogP contribution in [0.1, 0.15) is 15.9 Å². The molecule has 0 aliphatic rings. The Morgan fingerprint density at radius 3 is 2.58 bits per heavy atom. The molecule has 0 atom stereocenters. The molecule has 2 aromatic carbocycles. The summed E-state index contributed by atoms with van der Waals surface area (Å²) in [7, 11) is 5.68. The molecule has 33 heavy (non-hydrogen) atoms. The maximum absolute atomic E-state index is 11.4. The van der Waals surface area contributed by atoms with Gasteiger partial charge < -0.3 is 14.4 Å². The van der Waals surface area contributed by atoms with Crippen molar-refractivity contribution in [1.82, 2.24) is 9.88 Å². The van der Waals surface area contributed by atoms with Crippen molar-refractivity contribution in [2.24, 2.45) is 0 Å². The average molecular weight is 476 g/mol. The first kappa shape index (κ1) is 23.0. The topological polar surface area (TPSA) is 54.5 Å². The van der Waals surface area contributed by atoms with Crippen LogP contribution in [0.15, 0.2) is 78.0 Å². The summed E-state index contributed by atoms with van der Waals surface area (Å²) >= 11 is 3.21. The van der Waals surface area contributed by atoms with E-state index in [-0.39, 0.29) is 0 Å². The predicted molar refractivity (Wildman–Crippen MR) is 138 cm³/mol. The minimum atomic E-state index is 0.724. The second-order valence-electron chi connectivity index (χ2n) is 7.75. The second kappa shape index (κ2) is 10.7. The van der Waals surface area contributed by atoms with Gasteiger partial charge in [0.2, 0.25) is 0 Å². The zero-order chi connectivity index (χ0) is 23.2. The number of pyridine rings is 1. The highest BCUT2D eigenvalue weighted by Gasteiger charge is 2.10. The van der Waals surface area contributed by atoms with Crippen molar-refractivity contribution in [2.75, 3.05) is 25.9 Å². The Bertz CT molecular complexity index is 1250. The number of ether oxygens (including phenoxy) is 1. The number of anilines is 1. The summed E-state index contributed by atoms with van der Waals surface area (Å²) in [5, 5.41) is 0. The minimum absolute atomic E-state index is 0.724. The van der Waals surface area contributed by atoms with Crippen LogP contribution < -0.4 is 9.46 Å². The standard InChI is InChI=1S/C26H25N3O2S2/c1-29(2)16-21-12-18(8-9-19(21)17-30)24-10-11-25(32-24)20-13-22(15-27-14-20)28-33-26-7-5-4-6-23(26)31-3/h4-15,17,28H,16H2,1-3H3. The zero-order valence-corrected chi connectivity index (χ0v) is 20.4. The lowest BCUT2D eigenvalue weighted by Gasteiger charge is -2.12. The Balaban J connectivity index is 1.54. The number of methoxy groups -OCH3 is 1. The minimum Gasteiger partial charge on any atom is -0.496 e. The van der Waals surface area contributed by atoms with Gasteiger partial charge in [-0.15, -0.1) is 11.3 Å². The first-order valence-corrected chi connectivity index (χ1v) is 12.0. The van der Waals surface area contributed by atoms with E-state index in [2.05, 4.69) is 38.9 Å². The molecule has 7 heteroatoms. The molecule has 4 aromatic rings. The lowest BCUT2D eigenvalue weighted by molar-refractivity contribution is 0.112. The summed E-state index contributed by atoms with van der Waals surface area (Å²) in [6.07, 6.45) is 4.61. The fourth-order valence-electron chi connectivity index (χ4n) is 3.45. The molecule has 0 aliphatic heterocycles. The van der Waals surface area contributed by atoms with Crippen molar-refractivity contribution in [1.29, 1.82) is 0 Å². The van der Waals surface area contributed by atoms with Crippen molar-refractivity contribution >= 4 is 35.3 Å². The molecule has 0 bridgehead atoms. The van der Waals surface area contributed by atoms with E-state index in [9.17, 15) is 4.79 Å². The second-order valence-corrected chi connectivity index (χ2v) is 9.68. The summed E-state index contributed by atoms with van der Waals surface area (Å²) in [4.78, 5) is 21.2. The third-order valence-electron chi connectivity index (χ3n) is 5.02. The van der Waals surface area contributed by atoms with Crippen LogP contribution in [0.5, 0.6) is 5.75 Å². The lowest BCUT2D eigenvalue weighted by atomic mass is 10.0. The molecule has 2 heterocycles. The predicted octanol–water partition coefficient (Wildman–Crippen LogP) is 6.48. The molecule has 0 spiro atoms. The van der Waals surface area contributed by atoms with Crippen LogP contribution >= 0.6 is 23.3 Å². The van der Waals surface area contributed by atoms with E-state index in [0.29, 0.717) is 0 Å². The van der Waals surface area contributed by atoms with Crippen LogP contribution in [0.4, 0.5) is 5.69 Å². The van der Waals surface area contributed by atoms with Gasteiger partial charge in [0.25, 0.3) is 0 Å². The molecule has 0 amide bonds. The van der Waals surface area contributed by atoms with E-state index < -0.39 is 0 Å². The van der Waals surface area contributed by atoms with Gasteiger partial charge in [0.05, 0.1) is 23.9 Å². The van der Waals surface area contributed by atoms with Gasteiger partial charge >= 0.3 is 0 Å². The molecule has 1 N–H and O–H groups in total. The highest BCUT2D eigenvalue weighted by atomic mass is 32.2. The number of carbonyl (C=O) groups is 1. The monoisotopic (exact) mass is 475 g/mol. The number of hydrogen-bond acceptors (Lipinski definition) is 7. The molecule has 0 saturated carbocycles. The highest BCUT2D eigenvalue weighted by Crippen LogP contribution is 2.36. The van der Waals surface area contributed by atoms with Crippen LogP contribution in [-0.2, 0) is 6.54 Å². The number of nitrogens with zero attached hydrogens (tertiary/aromatic N) is 2. The van der Waals surface area contributed by atoms with Crippen LogP contribution in [0.3, 0.4) is 0 Å². The Morgan fingerprint density at radius 1 is 1.03 bits per heavy atom. The lowest BCUT2D eigenvalue weighted by Crippen LogP contribution is -2.12. The molecule has 4 rings (SSSR count). The van der Waals surface area contributed by atoms with Gasteiger partial charge in [-0.2, -0.15) is 0 Å². The molecule has 0 saturated heterocycles. The molecular weight excluding hydrogens is 450 g/mol. The normalized spacial score (nSPS) is 10.9. The van der Waals surface area contributed by atoms with Gasteiger partial charge in [-0.25, -0.2) is 0 Å². The van der Waals surface area contributed by atoms with Crippen molar-refractivity contribution in [3.8, 4) is 26.6 Å². The van der Waals surface area contributed by atoms with Gasteiger partial charge in [-0.3, -0.25) is 9.78 Å². The Morgan fingerprint density at radius 2 is 1.82 bits per heavy atom. The number of aromatic nitrogens is 1. The average Bonchev–Trinajstić information content (AvgIpc) is 3.33. The Kier molecular flexibility index (Phi) is 7.44. The molecule has 0 fully saturated rings. The van der Waals surface area contributed by atoms with E-state index in [4.69, 9.17) is 4.74 Å². The molecule has 0 radical (unpaired) electrons. The largest absolute Gasteiger partial charge is 0.496 e. The number of thiophene rings is 1. The van der Waals surface area contributed by atoms with E-state index in [1.165, 1.54) is 11.9 Å². The van der Waals surface area contributed by atoms with E-state index in [1.54, 1.807) is 18.4 Å². The first-order chi connectivity index (χ1) is 16.1. The van der Waals surface area contributed by atoms with Gasteiger partial charge in [0, 0.05) is 33.6 Å². The van der Waals surface area contributed by atoms with Crippen LogP contribution in [0.2, 0.25) is 0 Å². The smallest absolute Gasteiger partial charge is 0.150 e. The summed E-state index contributed by atoms with van der Waals surface area (Å²) in [5.41, 5.74) is 4.85. The summed E-state index contributed by atoms with van der Waals surface area (Å²) in [6.45, 7) is 0.724. The number of benzene rings is 2. The third-order valence-corrected chi connectivity index (χ3v) is 7.10. The maximum Gasteiger partial charge on any atom is 0.150 e. The summed E-state index contributed by atoms with van der Waals surface area (Å²) in [6, 6.07) is 20.3. The third kappa shape index (κ3) is 5.63. The fraction of sp³-hybridized carbons (Fsp3) is 0.154. The van der Waals surface area contributed by atoms with E-state index >= 15 is 0 Å². The fourth-order valence-corrected chi connectivity index (χ4v) is 5.17. The molecular formula is C26H25N3O2S2. The van der Waals surface area contributed by atoms with E-state index in [0.717, 1.165) is 61.2 Å². The van der Waals surface area contributed by atoms with Crippen molar-refractivity contribution < 1.29 is 9.53 Å². The van der Waals surface area contributed by atoms with Gasteiger partial charge in [0.15, 0.2) is 0 Å². The van der Waals surface area contributed by atoms with Gasteiger partial charge in [-0.1, -0.05) is 24.3 Å². The number of para-hydroxylation sites is 1. The maximum atomic E-state index is 11.4. The van der Waals surface area contributed by atoms with Crippen molar-refractivity contribution in [3.05, 3.63) is 84.2 Å². The number of aldehydes is 1. The van der Waals surface area contributed by atoms with E-state index in [1.807, 2.05) is 62.9 Å². The molecule has 0 unspecified atom stereocenters. The number of nitrogens with one attached hydrogen (secondary N) is 1. The number of carbonyl (C=O) groups excluding carboxylic acids is 1. The van der Waals surface area contributed by atoms with Gasteiger partial charge in [0.1, 0.15) is 12.0 Å². The first-order valence-electron chi connectivity index (χ1n) is 10.4. The SMILES string of the molecule is COc1ccccc1SNc1cncc(-c2ccc(-c3ccc(C=O)c(CN(C)C)c3)s2)c1. The summed E-state index contributed by atoms with van der Waals surface area (Å²) in [5.74, 6) is 0.830. The zero-order valence-electron chi connectivity index (χ0n) is 18.7. The van der Waals surface area contributed by atoms with Crippen LogP contribution in [0.25, 0.3) is 20.9 Å². The quantitative estimate of drug-likeness (QED) is 0.221. The molecule has 168 valence electrons. The van der Waals surface area contributed by atoms with Crippen LogP contribution in [-0.4, -0.2) is 37.4 Å². The highest BCUT2D eigenvalue weighted by molar-refractivity contribution is 8.00. The van der Waals surface area contributed by atoms with Gasteiger partial charge in [-0.05, 0) is 73.6 Å². The van der Waals surface area contributed by atoms with Crippen LogP contribution in [0, 0.1) is 0 Å². The van der Waals surface area contributed by atoms with Crippen molar-refractivity contribution in [3.63, 3.8) is 0 Å². The molecule has 2 aromatic heterocycles. The summed E-state index contributed by atoms with van der Waals surface area (Å²) < 4.78 is 8.78.